The van der Waals surface area contributed by atoms with Crippen molar-refractivity contribution in [3.63, 3.8) is 0 Å². The number of aliphatic hydroxyl groups is 1. The number of halogens is 2. The summed E-state index contributed by atoms with van der Waals surface area (Å²) < 4.78 is 29.5. The molecule has 9 atom stereocenters. The van der Waals surface area contributed by atoms with Gasteiger partial charge in [0.1, 0.15) is 6.10 Å². The zero-order chi connectivity index (χ0) is 23.6. The van der Waals surface area contributed by atoms with Gasteiger partial charge >= 0.3 is 5.97 Å². The second-order valence-corrected chi connectivity index (χ2v) is 11.6. The number of carboxylic acids is 1. The van der Waals surface area contributed by atoms with Crippen LogP contribution in [-0.4, -0.2) is 51.2 Å². The minimum absolute atomic E-state index is 0.0252. The Morgan fingerprint density at radius 2 is 1.88 bits per heavy atom. The Balaban J connectivity index is 1.68. The number of alkyl halides is 1. The molecular formula is C24H30ClFO6. The number of aliphatic carboxylic acids is 1. The first-order chi connectivity index (χ1) is 14.7. The lowest BCUT2D eigenvalue weighted by molar-refractivity contribution is -0.253. The van der Waals surface area contributed by atoms with Crippen molar-refractivity contribution in [1.82, 2.24) is 0 Å². The number of rotatable bonds is 1. The van der Waals surface area contributed by atoms with E-state index in [0.717, 1.165) is 0 Å². The van der Waals surface area contributed by atoms with E-state index in [0.29, 0.717) is 18.4 Å². The third-order valence-corrected chi connectivity index (χ3v) is 9.73. The second kappa shape index (κ2) is 6.23. The Hall–Kier alpha value is -1.28. The van der Waals surface area contributed by atoms with Crippen molar-refractivity contribution in [1.29, 1.82) is 0 Å². The molecule has 8 heteroatoms. The maximum Gasteiger partial charge on any atom is 0.339 e. The molecule has 4 aliphatic carbocycles. The van der Waals surface area contributed by atoms with Gasteiger partial charge in [-0.05, 0) is 63.5 Å². The van der Waals surface area contributed by atoms with Crippen LogP contribution in [0.1, 0.15) is 53.9 Å². The summed E-state index contributed by atoms with van der Waals surface area (Å²) in [5, 5.41) is 21.8. The van der Waals surface area contributed by atoms with Crippen LogP contribution in [0.2, 0.25) is 0 Å². The highest BCUT2D eigenvalue weighted by atomic mass is 35.5. The molecule has 0 unspecified atom stereocenters. The molecule has 32 heavy (non-hydrogen) atoms. The van der Waals surface area contributed by atoms with E-state index in [4.69, 9.17) is 21.1 Å². The van der Waals surface area contributed by atoms with Crippen LogP contribution in [-0.2, 0) is 19.1 Å². The molecule has 1 saturated heterocycles. The number of allylic oxidation sites excluding steroid dienone is 4. The Kier molecular flexibility index (Phi) is 4.38. The van der Waals surface area contributed by atoms with Crippen molar-refractivity contribution in [2.24, 2.45) is 28.6 Å². The number of aliphatic hydroxyl groups excluding tert-OH is 1. The summed E-state index contributed by atoms with van der Waals surface area (Å²) in [6.45, 7) is 8.77. The number of ether oxygens (including phenoxy) is 2. The average molecular weight is 469 g/mol. The van der Waals surface area contributed by atoms with E-state index in [1.807, 2.05) is 6.92 Å². The Bertz CT molecular complexity index is 991. The van der Waals surface area contributed by atoms with Crippen molar-refractivity contribution in [2.45, 2.75) is 83.1 Å². The van der Waals surface area contributed by atoms with E-state index < -0.39 is 57.9 Å². The van der Waals surface area contributed by atoms with Crippen molar-refractivity contribution in [3.8, 4) is 0 Å². The van der Waals surface area contributed by atoms with Crippen LogP contribution in [0.25, 0.3) is 0 Å². The van der Waals surface area contributed by atoms with Crippen LogP contribution in [0.3, 0.4) is 0 Å². The van der Waals surface area contributed by atoms with Crippen LogP contribution in [0.4, 0.5) is 4.39 Å². The molecule has 1 heterocycles. The van der Waals surface area contributed by atoms with Crippen LogP contribution in [0.5, 0.6) is 0 Å². The second-order valence-electron chi connectivity index (χ2n) is 11.3. The van der Waals surface area contributed by atoms with Crippen LogP contribution < -0.4 is 0 Å². The zero-order valence-electron chi connectivity index (χ0n) is 18.9. The van der Waals surface area contributed by atoms with Gasteiger partial charge in [0, 0.05) is 16.7 Å². The van der Waals surface area contributed by atoms with Gasteiger partial charge < -0.3 is 19.7 Å². The number of carbonyl (C=O) groups excluding carboxylic acids is 1. The minimum Gasteiger partial charge on any atom is -0.479 e. The van der Waals surface area contributed by atoms with Gasteiger partial charge in [-0.2, -0.15) is 0 Å². The highest BCUT2D eigenvalue weighted by Gasteiger charge is 2.81. The molecule has 2 N–H and O–H groups in total. The largest absolute Gasteiger partial charge is 0.479 e. The molecular weight excluding hydrogens is 439 g/mol. The molecule has 176 valence electrons. The summed E-state index contributed by atoms with van der Waals surface area (Å²) in [5.41, 5.74) is -5.56. The Morgan fingerprint density at radius 1 is 1.22 bits per heavy atom. The molecule has 5 aliphatic rings. The first-order valence-corrected chi connectivity index (χ1v) is 11.7. The molecule has 0 aromatic rings. The third-order valence-electron chi connectivity index (χ3n) is 9.34. The van der Waals surface area contributed by atoms with E-state index in [1.54, 1.807) is 33.8 Å². The van der Waals surface area contributed by atoms with E-state index in [9.17, 15) is 19.8 Å². The summed E-state index contributed by atoms with van der Waals surface area (Å²) >= 11 is 6.39. The number of ketones is 1. The molecule has 0 bridgehead atoms. The zero-order valence-corrected chi connectivity index (χ0v) is 19.7. The van der Waals surface area contributed by atoms with E-state index >= 15 is 4.39 Å². The lowest BCUT2D eigenvalue weighted by Gasteiger charge is -2.63. The van der Waals surface area contributed by atoms with Crippen molar-refractivity contribution >= 4 is 23.4 Å². The molecule has 0 amide bonds. The fourth-order valence-corrected chi connectivity index (χ4v) is 8.63. The van der Waals surface area contributed by atoms with Crippen molar-refractivity contribution < 1.29 is 33.7 Å². The topological polar surface area (TPSA) is 93.1 Å². The molecule has 5 rings (SSSR count). The van der Waals surface area contributed by atoms with Gasteiger partial charge in [-0.3, -0.25) is 4.79 Å². The summed E-state index contributed by atoms with van der Waals surface area (Å²) in [4.78, 5) is 24.9. The maximum atomic E-state index is 17.3. The molecule has 4 fully saturated rings. The van der Waals surface area contributed by atoms with Crippen molar-refractivity contribution in [3.05, 3.63) is 22.8 Å². The normalized spacial score (nSPS) is 53.5. The number of carbonyl (C=O) groups is 2. The fraction of sp³-hybridized carbons (Fsp3) is 0.750. The smallest absolute Gasteiger partial charge is 0.339 e. The predicted octanol–water partition coefficient (Wildman–Crippen LogP) is 3.75. The first kappa shape index (κ1) is 22.5. The van der Waals surface area contributed by atoms with Gasteiger partial charge in [-0.1, -0.05) is 31.5 Å². The van der Waals surface area contributed by atoms with Gasteiger partial charge in [0.05, 0.1) is 11.1 Å². The SMILES string of the molecule is C[C@H]1C[C@H]2[C@@H]3C[C@H]4OC(C)(C)O[C@@]4(C(=O)O)[C@@]3(C)C[C@H](O)[C@]2(F)[C@@]2(C)C=CC(=O)C(Cl)=C12. The molecule has 0 spiro atoms. The van der Waals surface area contributed by atoms with Gasteiger partial charge in [-0.25, -0.2) is 9.18 Å². The molecule has 0 aromatic carbocycles. The average Bonchev–Trinajstić information content (AvgIpc) is 3.08. The molecule has 6 nitrogen and oxygen atoms in total. The van der Waals surface area contributed by atoms with Crippen LogP contribution in [0.15, 0.2) is 22.8 Å². The van der Waals surface area contributed by atoms with Gasteiger partial charge in [0.25, 0.3) is 0 Å². The summed E-state index contributed by atoms with van der Waals surface area (Å²) in [5.74, 6) is -3.83. The summed E-state index contributed by atoms with van der Waals surface area (Å²) in [6, 6.07) is 0. The first-order valence-electron chi connectivity index (χ1n) is 11.3. The lowest BCUT2D eigenvalue weighted by Crippen LogP contribution is -2.70. The third kappa shape index (κ3) is 2.26. The number of hydrogen-bond acceptors (Lipinski definition) is 5. The molecule has 3 saturated carbocycles. The maximum absolute atomic E-state index is 17.3. The Labute approximate surface area is 191 Å². The van der Waals surface area contributed by atoms with Crippen LogP contribution in [0, 0.1) is 28.6 Å². The van der Waals surface area contributed by atoms with Gasteiger partial charge in [-0.15, -0.1) is 0 Å². The monoisotopic (exact) mass is 468 g/mol. The van der Waals surface area contributed by atoms with Gasteiger partial charge in [0.2, 0.25) is 0 Å². The molecule has 0 aromatic heterocycles. The van der Waals surface area contributed by atoms with E-state index in [-0.39, 0.29) is 23.2 Å². The summed E-state index contributed by atoms with van der Waals surface area (Å²) in [6.07, 6.45) is 1.21. The quantitative estimate of drug-likeness (QED) is 0.608. The van der Waals surface area contributed by atoms with E-state index in [1.165, 1.54) is 6.08 Å². The molecule has 1 aliphatic heterocycles. The highest BCUT2D eigenvalue weighted by Crippen LogP contribution is 2.73. The van der Waals surface area contributed by atoms with E-state index in [2.05, 4.69) is 0 Å². The number of carboxylic acid groups (broad SMARTS) is 1. The highest BCUT2D eigenvalue weighted by molar-refractivity contribution is 6.45. The standard InChI is InChI=1S/C24H30ClFO6/c1-11-8-13-12-9-16-24(19(29)30,32-20(2,3)31-16)22(12,5)10-15(28)23(13,26)21(4)7-6-14(27)18(25)17(11)21/h6-7,11-13,15-16,28H,8-10H2,1-5H3,(H,29,30)/t11-,12-,13-,15-,16+,21-,22-,23-,24-/m0/s1. The number of hydrogen-bond donors (Lipinski definition) is 2. The fourth-order valence-electron chi connectivity index (χ4n) is 8.19. The lowest BCUT2D eigenvalue weighted by atomic mass is 9.43. The summed E-state index contributed by atoms with van der Waals surface area (Å²) in [7, 11) is 0. The molecule has 0 radical (unpaired) electrons. The number of fused-ring (bicyclic) bond motifs is 7. The predicted molar refractivity (Wildman–Crippen MR) is 113 cm³/mol. The van der Waals surface area contributed by atoms with Gasteiger partial charge in [0.15, 0.2) is 22.8 Å². The Morgan fingerprint density at radius 3 is 2.50 bits per heavy atom. The minimum atomic E-state index is -2.11. The van der Waals surface area contributed by atoms with Crippen LogP contribution >= 0.6 is 11.6 Å². The van der Waals surface area contributed by atoms with Crippen molar-refractivity contribution in [2.75, 3.05) is 0 Å².